The van der Waals surface area contributed by atoms with Gasteiger partial charge in [-0.25, -0.2) is 0 Å². The third kappa shape index (κ3) is 5.55. The Labute approximate surface area is 149 Å². The van der Waals surface area contributed by atoms with Crippen molar-refractivity contribution in [2.45, 2.75) is 17.0 Å². The molecule has 1 unspecified atom stereocenters. The molecule has 2 heterocycles. The maximum absolute atomic E-state index is 11.9. The summed E-state index contributed by atoms with van der Waals surface area (Å²) in [5.41, 5.74) is 2.97. The Balaban J connectivity index is 1.38. The highest BCUT2D eigenvalue weighted by atomic mass is 32.2. The van der Waals surface area contributed by atoms with Gasteiger partial charge in [0.1, 0.15) is 5.51 Å². The predicted molar refractivity (Wildman–Crippen MR) is 95.1 cm³/mol. The number of nitrogens with zero attached hydrogens (tertiary/aromatic N) is 3. The van der Waals surface area contributed by atoms with E-state index in [-0.39, 0.29) is 12.0 Å². The van der Waals surface area contributed by atoms with Crippen LogP contribution in [0.2, 0.25) is 0 Å². The molecular formula is C16H20N4O2S2. The minimum Gasteiger partial charge on any atom is -0.374 e. The molecule has 6 nitrogen and oxygen atoms in total. The summed E-state index contributed by atoms with van der Waals surface area (Å²) in [7, 11) is 0. The zero-order chi connectivity index (χ0) is 16.6. The molecule has 1 atom stereocenters. The first kappa shape index (κ1) is 17.3. The molecule has 0 bridgehead atoms. The topological polar surface area (TPSA) is 67.4 Å². The van der Waals surface area contributed by atoms with Crippen LogP contribution < -0.4 is 5.32 Å². The molecule has 1 fully saturated rings. The number of aromatic nitrogens is 2. The van der Waals surface area contributed by atoms with Crippen LogP contribution in [0.5, 0.6) is 0 Å². The first-order valence-corrected chi connectivity index (χ1v) is 9.69. The molecule has 8 heteroatoms. The molecule has 0 radical (unpaired) electrons. The Hall–Kier alpha value is -1.48. The fourth-order valence-corrected chi connectivity index (χ4v) is 3.84. The molecule has 128 valence electrons. The summed E-state index contributed by atoms with van der Waals surface area (Å²) >= 11 is 2.85. The Morgan fingerprint density at radius 2 is 2.29 bits per heavy atom. The van der Waals surface area contributed by atoms with Crippen LogP contribution in [0.4, 0.5) is 0 Å². The van der Waals surface area contributed by atoms with Crippen molar-refractivity contribution in [2.24, 2.45) is 0 Å². The first-order valence-electron chi connectivity index (χ1n) is 7.83. The molecule has 0 aliphatic carbocycles. The van der Waals surface area contributed by atoms with Crippen molar-refractivity contribution >= 4 is 29.0 Å². The van der Waals surface area contributed by atoms with Crippen molar-refractivity contribution < 1.29 is 9.53 Å². The van der Waals surface area contributed by atoms with Crippen molar-refractivity contribution in [3.05, 3.63) is 41.4 Å². The summed E-state index contributed by atoms with van der Waals surface area (Å²) < 4.78 is 6.58. The zero-order valence-electron chi connectivity index (χ0n) is 13.3. The van der Waals surface area contributed by atoms with Crippen LogP contribution in [0.3, 0.4) is 0 Å². The van der Waals surface area contributed by atoms with Gasteiger partial charge in [0.25, 0.3) is 0 Å². The minimum atomic E-state index is -0.000942. The summed E-state index contributed by atoms with van der Waals surface area (Å²) in [6, 6.07) is 10.4. The van der Waals surface area contributed by atoms with E-state index in [1.54, 1.807) is 5.51 Å². The SMILES string of the molecule is O=C(CSc1nncs1)NCC1CN(Cc2ccccc2)CCO1. The number of carbonyl (C=O) groups excluding carboxylic acids is 1. The number of amides is 1. The Morgan fingerprint density at radius 1 is 1.42 bits per heavy atom. The van der Waals surface area contributed by atoms with Gasteiger partial charge >= 0.3 is 0 Å². The average Bonchev–Trinajstić information content (AvgIpc) is 3.13. The number of nitrogens with one attached hydrogen (secondary N) is 1. The van der Waals surface area contributed by atoms with Crippen LogP contribution in [0.1, 0.15) is 5.56 Å². The zero-order valence-corrected chi connectivity index (χ0v) is 14.9. The number of carbonyl (C=O) groups is 1. The lowest BCUT2D eigenvalue weighted by atomic mass is 10.2. The van der Waals surface area contributed by atoms with Crippen LogP contribution in [0, 0.1) is 0 Å². The monoisotopic (exact) mass is 364 g/mol. The second kappa shape index (κ2) is 9.12. The van der Waals surface area contributed by atoms with Gasteiger partial charge < -0.3 is 10.1 Å². The molecule has 0 spiro atoms. The molecule has 1 saturated heterocycles. The van der Waals surface area contributed by atoms with Gasteiger partial charge in [-0.05, 0) is 5.56 Å². The molecule has 1 N–H and O–H groups in total. The van der Waals surface area contributed by atoms with Crippen LogP contribution in [-0.2, 0) is 16.1 Å². The van der Waals surface area contributed by atoms with E-state index >= 15 is 0 Å². The highest BCUT2D eigenvalue weighted by Gasteiger charge is 2.21. The maximum Gasteiger partial charge on any atom is 0.230 e. The molecule has 1 aliphatic rings. The van der Waals surface area contributed by atoms with Crippen LogP contribution in [0.15, 0.2) is 40.2 Å². The smallest absolute Gasteiger partial charge is 0.230 e. The van der Waals surface area contributed by atoms with Gasteiger partial charge in [-0.3, -0.25) is 9.69 Å². The summed E-state index contributed by atoms with van der Waals surface area (Å²) in [6.07, 6.45) is 0.0398. The summed E-state index contributed by atoms with van der Waals surface area (Å²) in [5.74, 6) is 0.356. The normalized spacial score (nSPS) is 18.4. The highest BCUT2D eigenvalue weighted by molar-refractivity contribution is 8.01. The largest absolute Gasteiger partial charge is 0.374 e. The van der Waals surface area contributed by atoms with E-state index in [1.807, 2.05) is 6.07 Å². The van der Waals surface area contributed by atoms with Gasteiger partial charge in [-0.2, -0.15) is 0 Å². The third-order valence-corrected chi connectivity index (χ3v) is 5.53. The van der Waals surface area contributed by atoms with Crippen LogP contribution in [0.25, 0.3) is 0 Å². The van der Waals surface area contributed by atoms with Crippen LogP contribution >= 0.6 is 23.1 Å². The molecule has 1 amide bonds. The van der Waals surface area contributed by atoms with E-state index in [9.17, 15) is 4.79 Å². The molecule has 0 saturated carbocycles. The second-order valence-corrected chi connectivity index (χ2v) is 7.57. The average molecular weight is 364 g/mol. The molecule has 2 aromatic rings. The van der Waals surface area contributed by atoms with Crippen molar-refractivity contribution in [1.29, 1.82) is 0 Å². The summed E-state index contributed by atoms with van der Waals surface area (Å²) in [6.45, 7) is 3.92. The van der Waals surface area contributed by atoms with Gasteiger partial charge in [-0.15, -0.1) is 10.2 Å². The number of benzene rings is 1. The van der Waals surface area contributed by atoms with E-state index in [1.165, 1.54) is 28.7 Å². The third-order valence-electron chi connectivity index (χ3n) is 3.67. The fraction of sp³-hybridized carbons (Fsp3) is 0.438. The number of hydrogen-bond acceptors (Lipinski definition) is 7. The summed E-state index contributed by atoms with van der Waals surface area (Å²) in [4.78, 5) is 14.3. The standard InChI is InChI=1S/C16H20N4O2S2/c21-15(11-23-16-19-18-12-24-16)17-8-14-10-20(6-7-22-14)9-13-4-2-1-3-5-13/h1-5,12,14H,6-11H2,(H,17,21). The summed E-state index contributed by atoms with van der Waals surface area (Å²) in [5, 5.41) is 10.6. The molecule has 3 rings (SSSR count). The van der Waals surface area contributed by atoms with Gasteiger partial charge in [0.15, 0.2) is 4.34 Å². The van der Waals surface area contributed by atoms with Crippen molar-refractivity contribution in [3.63, 3.8) is 0 Å². The fourth-order valence-electron chi connectivity index (χ4n) is 2.52. The van der Waals surface area contributed by atoms with Crippen molar-refractivity contribution in [1.82, 2.24) is 20.4 Å². The highest BCUT2D eigenvalue weighted by Crippen LogP contribution is 2.18. The Morgan fingerprint density at radius 3 is 3.08 bits per heavy atom. The lowest BCUT2D eigenvalue weighted by molar-refractivity contribution is -0.119. The number of rotatable bonds is 7. The Bertz CT molecular complexity index is 624. The number of ether oxygens (including phenoxy) is 1. The molecule has 1 aliphatic heterocycles. The molecular weight excluding hydrogens is 344 g/mol. The second-order valence-electron chi connectivity index (χ2n) is 5.51. The maximum atomic E-state index is 11.9. The quantitative estimate of drug-likeness (QED) is 0.754. The van der Waals surface area contributed by atoms with Crippen molar-refractivity contribution in [3.8, 4) is 0 Å². The minimum absolute atomic E-state index is 0.000942. The van der Waals surface area contributed by atoms with E-state index in [0.29, 0.717) is 18.9 Å². The van der Waals surface area contributed by atoms with Gasteiger partial charge in [0.2, 0.25) is 5.91 Å². The van der Waals surface area contributed by atoms with E-state index in [2.05, 4.69) is 44.7 Å². The number of hydrogen-bond donors (Lipinski definition) is 1. The van der Waals surface area contributed by atoms with E-state index < -0.39 is 0 Å². The molecule has 1 aromatic heterocycles. The lowest BCUT2D eigenvalue weighted by Crippen LogP contribution is -2.47. The first-order chi connectivity index (χ1) is 11.8. The van der Waals surface area contributed by atoms with Gasteiger partial charge in [0.05, 0.1) is 18.5 Å². The van der Waals surface area contributed by atoms with Crippen LogP contribution in [-0.4, -0.2) is 59.1 Å². The van der Waals surface area contributed by atoms with E-state index in [4.69, 9.17) is 4.74 Å². The van der Waals surface area contributed by atoms with E-state index in [0.717, 1.165) is 24.0 Å². The number of thioether (sulfide) groups is 1. The Kier molecular flexibility index (Phi) is 6.59. The van der Waals surface area contributed by atoms with Gasteiger partial charge in [-0.1, -0.05) is 53.4 Å². The number of morpholine rings is 1. The molecule has 24 heavy (non-hydrogen) atoms. The lowest BCUT2D eigenvalue weighted by Gasteiger charge is -2.33. The molecule has 1 aromatic carbocycles. The predicted octanol–water partition coefficient (Wildman–Crippen LogP) is 1.65. The van der Waals surface area contributed by atoms with Gasteiger partial charge in [0, 0.05) is 26.2 Å². The van der Waals surface area contributed by atoms with Crippen molar-refractivity contribution in [2.75, 3.05) is 32.0 Å².